The molecule has 0 saturated carbocycles. The highest BCUT2D eigenvalue weighted by molar-refractivity contribution is 6.00. The largest absolute Gasteiger partial charge is 0.444 e. The van der Waals surface area contributed by atoms with Gasteiger partial charge in [0.25, 0.3) is 11.8 Å². The molecule has 36 heavy (non-hydrogen) atoms. The quantitative estimate of drug-likeness (QED) is 0.392. The van der Waals surface area contributed by atoms with E-state index in [0.29, 0.717) is 11.3 Å². The number of para-hydroxylation sites is 1. The van der Waals surface area contributed by atoms with Crippen LogP contribution >= 0.6 is 0 Å². The summed E-state index contributed by atoms with van der Waals surface area (Å²) in [5, 5.41) is 5.54. The molecule has 0 spiro atoms. The first-order chi connectivity index (χ1) is 16.9. The molecule has 0 fully saturated rings. The molecule has 2 aromatic rings. The third-order valence-corrected chi connectivity index (χ3v) is 5.59. The molecule has 0 aliphatic heterocycles. The van der Waals surface area contributed by atoms with Gasteiger partial charge in [0.2, 0.25) is 0 Å². The Labute approximate surface area is 214 Å². The molecule has 0 saturated heterocycles. The fraction of sp³-hybridized carbons (Fsp3) is 0.414. The maximum atomic E-state index is 13.7. The van der Waals surface area contributed by atoms with Crippen molar-refractivity contribution in [2.24, 2.45) is 5.92 Å². The molecule has 0 aliphatic rings. The molecule has 0 radical (unpaired) electrons. The molecule has 0 aromatic heterocycles. The van der Waals surface area contributed by atoms with E-state index in [1.54, 1.807) is 52.8 Å². The first-order valence-electron chi connectivity index (χ1n) is 12.1. The smallest absolute Gasteiger partial charge is 0.408 e. The minimum atomic E-state index is -1.12. The predicted octanol–water partition coefficient (Wildman–Crippen LogP) is 5.21. The third kappa shape index (κ3) is 7.61. The average molecular weight is 492 g/mol. The zero-order valence-corrected chi connectivity index (χ0v) is 22.2. The molecule has 2 atom stereocenters. The van der Waals surface area contributed by atoms with Gasteiger partial charge in [0.15, 0.2) is 0 Å². The lowest BCUT2D eigenvalue weighted by Gasteiger charge is -2.32. The number of anilines is 1. The number of carbonyl (C=O) groups is 3. The van der Waals surface area contributed by atoms with Crippen LogP contribution in [0.1, 0.15) is 64.3 Å². The van der Waals surface area contributed by atoms with Crippen LogP contribution in [-0.2, 0) is 20.7 Å². The van der Waals surface area contributed by atoms with Crippen LogP contribution in [0.15, 0.2) is 48.5 Å². The van der Waals surface area contributed by atoms with E-state index in [4.69, 9.17) is 11.2 Å². The summed E-state index contributed by atoms with van der Waals surface area (Å²) in [4.78, 5) is 40.9. The Hall–Kier alpha value is -3.79. The summed E-state index contributed by atoms with van der Waals surface area (Å²) in [7, 11) is 0. The van der Waals surface area contributed by atoms with Crippen molar-refractivity contribution in [2.45, 2.75) is 72.6 Å². The van der Waals surface area contributed by atoms with E-state index in [9.17, 15) is 14.4 Å². The van der Waals surface area contributed by atoms with Crippen LogP contribution in [-0.4, -0.2) is 34.5 Å². The third-order valence-electron chi connectivity index (χ3n) is 5.59. The molecular weight excluding hydrogens is 454 g/mol. The van der Waals surface area contributed by atoms with Crippen LogP contribution in [0.2, 0.25) is 0 Å². The van der Waals surface area contributed by atoms with Gasteiger partial charge in [0.05, 0.1) is 0 Å². The van der Waals surface area contributed by atoms with E-state index in [2.05, 4.69) is 16.7 Å². The van der Waals surface area contributed by atoms with Crippen LogP contribution in [0.3, 0.4) is 0 Å². The normalized spacial score (nSPS) is 12.8. The topological polar surface area (TPSA) is 87.7 Å². The Balaban J connectivity index is 2.46. The predicted molar refractivity (Wildman–Crippen MR) is 142 cm³/mol. The maximum absolute atomic E-state index is 13.7. The van der Waals surface area contributed by atoms with Gasteiger partial charge >= 0.3 is 6.09 Å². The average Bonchev–Trinajstić information content (AvgIpc) is 2.80. The Morgan fingerprint density at radius 1 is 1.06 bits per heavy atom. The van der Waals surface area contributed by atoms with Gasteiger partial charge in [0.1, 0.15) is 17.7 Å². The van der Waals surface area contributed by atoms with Crippen molar-refractivity contribution >= 4 is 23.6 Å². The van der Waals surface area contributed by atoms with Crippen molar-refractivity contribution in [3.63, 3.8) is 0 Å². The van der Waals surface area contributed by atoms with E-state index in [1.165, 1.54) is 0 Å². The summed E-state index contributed by atoms with van der Waals surface area (Å²) in [5.74, 6) is -1.36. The number of rotatable bonds is 8. The summed E-state index contributed by atoms with van der Waals surface area (Å²) in [6.45, 7) is 12.7. The number of nitrogens with one attached hydrogen (secondary N) is 2. The number of terminal acetylenes is 1. The highest BCUT2D eigenvalue weighted by atomic mass is 16.6. The Morgan fingerprint density at radius 3 is 2.17 bits per heavy atom. The zero-order valence-electron chi connectivity index (χ0n) is 22.2. The van der Waals surface area contributed by atoms with Crippen molar-refractivity contribution in [3.8, 4) is 12.5 Å². The number of aryl methyl sites for hydroxylation is 2. The second-order valence-corrected chi connectivity index (χ2v) is 10.0. The molecule has 2 rings (SSSR count). The number of ether oxygens (including phenoxy) is 1. The highest BCUT2D eigenvalue weighted by Gasteiger charge is 2.37. The Kier molecular flexibility index (Phi) is 9.68. The minimum absolute atomic E-state index is 0.316. The summed E-state index contributed by atoms with van der Waals surface area (Å²) >= 11 is 0. The van der Waals surface area contributed by atoms with E-state index >= 15 is 0 Å². The summed E-state index contributed by atoms with van der Waals surface area (Å²) in [6, 6.07) is 15.0. The van der Waals surface area contributed by atoms with Gasteiger partial charge < -0.3 is 15.4 Å². The second-order valence-electron chi connectivity index (χ2n) is 10.0. The number of hydrogen-bond donors (Lipinski definition) is 2. The molecule has 2 unspecified atom stereocenters. The number of amides is 3. The molecule has 0 bridgehead atoms. The van der Waals surface area contributed by atoms with Gasteiger partial charge in [-0.15, -0.1) is 0 Å². The second kappa shape index (κ2) is 12.3. The number of alkyl carbamates (subject to hydrolysis) is 1. The Morgan fingerprint density at radius 2 is 1.67 bits per heavy atom. The number of hydrogen-bond acceptors (Lipinski definition) is 4. The maximum Gasteiger partial charge on any atom is 0.408 e. The monoisotopic (exact) mass is 491 g/mol. The first kappa shape index (κ1) is 28.4. The molecular formula is C29H37N3O4. The fourth-order valence-corrected chi connectivity index (χ4v) is 3.63. The Bertz CT molecular complexity index is 1110. The van der Waals surface area contributed by atoms with Crippen molar-refractivity contribution in [3.05, 3.63) is 65.2 Å². The van der Waals surface area contributed by atoms with E-state index in [1.807, 2.05) is 44.2 Å². The van der Waals surface area contributed by atoms with Gasteiger partial charge in [0, 0.05) is 11.7 Å². The summed E-state index contributed by atoms with van der Waals surface area (Å²) < 4.78 is 5.34. The molecule has 2 aromatic carbocycles. The van der Waals surface area contributed by atoms with Crippen LogP contribution in [0, 0.1) is 25.3 Å². The number of benzene rings is 2. The zero-order chi connectivity index (χ0) is 27.0. The molecule has 3 amide bonds. The standard InChI is InChI=1S/C29H37N3O4/c1-9-21-15-17-22(18-16-21)25(26(33)30-23-14-12-11-13-20(23)5)32(10-2)27(34)24(19(3)4)31-28(35)36-29(6,7)8/h2,11-19,24-25H,9H2,1,3-8H3,(H,30,33)(H,31,35). The molecule has 7 nitrogen and oxygen atoms in total. The highest BCUT2D eigenvalue weighted by Crippen LogP contribution is 2.26. The van der Waals surface area contributed by atoms with Gasteiger partial charge in [-0.25, -0.2) is 4.79 Å². The number of nitrogens with zero attached hydrogens (tertiary/aromatic N) is 1. The van der Waals surface area contributed by atoms with Crippen LogP contribution in [0.5, 0.6) is 0 Å². The van der Waals surface area contributed by atoms with Crippen molar-refractivity contribution in [1.82, 2.24) is 10.2 Å². The molecule has 192 valence electrons. The molecule has 0 heterocycles. The molecule has 0 aliphatic carbocycles. The van der Waals surface area contributed by atoms with Gasteiger partial charge in [-0.05, 0) is 62.8 Å². The van der Waals surface area contributed by atoms with Gasteiger partial charge in [-0.1, -0.05) is 69.7 Å². The first-order valence-corrected chi connectivity index (χ1v) is 12.1. The van der Waals surface area contributed by atoms with Crippen molar-refractivity contribution in [1.29, 1.82) is 0 Å². The van der Waals surface area contributed by atoms with Gasteiger partial charge in [-0.3, -0.25) is 14.5 Å². The summed E-state index contributed by atoms with van der Waals surface area (Å²) in [6.07, 6.45) is 5.92. The van der Waals surface area contributed by atoms with E-state index in [-0.39, 0.29) is 5.92 Å². The SMILES string of the molecule is C#CN(C(=O)C(NC(=O)OC(C)(C)C)C(C)C)C(C(=O)Nc1ccccc1C)c1ccc(CC)cc1. The number of carbonyl (C=O) groups excluding carboxylic acids is 3. The fourth-order valence-electron chi connectivity index (χ4n) is 3.63. The van der Waals surface area contributed by atoms with Gasteiger partial charge in [-0.2, -0.15) is 0 Å². The van der Waals surface area contributed by atoms with E-state index < -0.39 is 35.6 Å². The lowest BCUT2D eigenvalue weighted by molar-refractivity contribution is -0.137. The van der Waals surface area contributed by atoms with E-state index in [0.717, 1.165) is 22.4 Å². The van der Waals surface area contributed by atoms with Crippen molar-refractivity contribution in [2.75, 3.05) is 5.32 Å². The lowest BCUT2D eigenvalue weighted by Crippen LogP contribution is -2.53. The molecule has 2 N–H and O–H groups in total. The summed E-state index contributed by atoms with van der Waals surface area (Å²) in [5.41, 5.74) is 2.40. The van der Waals surface area contributed by atoms with Crippen LogP contribution < -0.4 is 10.6 Å². The van der Waals surface area contributed by atoms with Crippen LogP contribution in [0.25, 0.3) is 0 Å². The lowest BCUT2D eigenvalue weighted by atomic mass is 9.98. The molecule has 7 heteroatoms. The van der Waals surface area contributed by atoms with Crippen LogP contribution in [0.4, 0.5) is 10.5 Å². The van der Waals surface area contributed by atoms with Crippen molar-refractivity contribution < 1.29 is 19.1 Å². The minimum Gasteiger partial charge on any atom is -0.444 e.